The molecule has 0 aromatic rings. The summed E-state index contributed by atoms with van der Waals surface area (Å²) >= 11 is 0. The zero-order valence-electron chi connectivity index (χ0n) is 32.3. The van der Waals surface area contributed by atoms with Crippen LogP contribution in [0, 0.1) is 0 Å². The molecule has 288 valence electrons. The van der Waals surface area contributed by atoms with E-state index in [0.717, 1.165) is 38.5 Å². The van der Waals surface area contributed by atoms with Crippen molar-refractivity contribution in [3.63, 3.8) is 0 Å². The maximum atomic E-state index is 12.4. The number of amides is 1. The summed E-state index contributed by atoms with van der Waals surface area (Å²) in [7, 11) is 0. The lowest BCUT2D eigenvalue weighted by Crippen LogP contribution is -2.53. The lowest BCUT2D eigenvalue weighted by molar-refractivity contribution is -0.126. The third kappa shape index (κ3) is 31.3. The highest BCUT2D eigenvalue weighted by atomic mass is 16.4. The van der Waals surface area contributed by atoms with Gasteiger partial charge in [-0.25, -0.2) is 0 Å². The van der Waals surface area contributed by atoms with E-state index in [1.54, 1.807) is 0 Å². The monoisotopic (exact) mass is 684 g/mol. The third-order valence-electron chi connectivity index (χ3n) is 10.3. The molecule has 4 atom stereocenters. The van der Waals surface area contributed by atoms with Crippen LogP contribution in [-0.2, 0) is 4.79 Å². The van der Waals surface area contributed by atoms with E-state index in [0.29, 0.717) is 12.8 Å². The van der Waals surface area contributed by atoms with Gasteiger partial charge in [-0.05, 0) is 12.8 Å². The molecule has 0 saturated carbocycles. The Morgan fingerprint density at radius 3 is 1.04 bits per heavy atom. The van der Waals surface area contributed by atoms with Crippen LogP contribution >= 0.6 is 0 Å². The first-order chi connectivity index (χ1) is 23.5. The fourth-order valence-corrected chi connectivity index (χ4v) is 6.89. The molecule has 48 heavy (non-hydrogen) atoms. The fraction of sp³-hybridized carbons (Fsp3) is 0.976. The summed E-state index contributed by atoms with van der Waals surface area (Å²) in [5.41, 5.74) is 0. The van der Waals surface area contributed by atoms with Crippen molar-refractivity contribution in [2.24, 2.45) is 0 Å². The molecule has 0 aromatic carbocycles. The first kappa shape index (κ1) is 47.3. The van der Waals surface area contributed by atoms with E-state index < -0.39 is 31.0 Å². The molecule has 1 amide bonds. The molecular formula is C42H85NO5. The zero-order chi connectivity index (χ0) is 35.3. The van der Waals surface area contributed by atoms with Gasteiger partial charge in [0.05, 0.1) is 18.8 Å². The summed E-state index contributed by atoms with van der Waals surface area (Å²) in [6.45, 7) is 4.06. The van der Waals surface area contributed by atoms with Crippen LogP contribution in [0.25, 0.3) is 0 Å². The van der Waals surface area contributed by atoms with Crippen LogP contribution in [0.1, 0.15) is 232 Å². The summed E-state index contributed by atoms with van der Waals surface area (Å²) in [5.74, 6) is -0.224. The highest BCUT2D eigenvalue weighted by Crippen LogP contribution is 2.17. The second kappa shape index (κ2) is 37.6. The van der Waals surface area contributed by atoms with Crippen molar-refractivity contribution < 1.29 is 25.2 Å². The van der Waals surface area contributed by atoms with E-state index in [9.17, 15) is 25.2 Å². The number of rotatable bonds is 39. The second-order valence-corrected chi connectivity index (χ2v) is 15.1. The second-order valence-electron chi connectivity index (χ2n) is 15.1. The molecule has 0 radical (unpaired) electrons. The van der Waals surface area contributed by atoms with Crippen molar-refractivity contribution in [2.75, 3.05) is 6.61 Å². The number of carbonyl (C=O) groups excluding carboxylic acids is 1. The van der Waals surface area contributed by atoms with Gasteiger partial charge in [-0.15, -0.1) is 0 Å². The molecule has 0 aliphatic heterocycles. The predicted octanol–water partition coefficient (Wildman–Crippen LogP) is 10.8. The zero-order valence-corrected chi connectivity index (χ0v) is 32.3. The summed E-state index contributed by atoms with van der Waals surface area (Å²) < 4.78 is 0. The summed E-state index contributed by atoms with van der Waals surface area (Å²) in [6, 6.07) is -0.978. The van der Waals surface area contributed by atoms with Crippen LogP contribution in [0.2, 0.25) is 0 Å². The molecule has 0 aromatic heterocycles. The van der Waals surface area contributed by atoms with Gasteiger partial charge in [0.25, 0.3) is 0 Å². The lowest BCUT2D eigenvalue weighted by atomic mass is 9.96. The highest BCUT2D eigenvalue weighted by molar-refractivity contribution is 5.76. The smallest absolute Gasteiger partial charge is 0.220 e. The molecule has 0 saturated heterocycles. The SMILES string of the molecule is CCCCCCCCCCCCCCCCCCCC(O)C(O)C(O)C(CO)NC(=O)CCCCCCCCCCCCCCCCC. The van der Waals surface area contributed by atoms with Crippen LogP contribution in [0.5, 0.6) is 0 Å². The van der Waals surface area contributed by atoms with E-state index in [1.807, 2.05) is 0 Å². The van der Waals surface area contributed by atoms with Gasteiger partial charge >= 0.3 is 0 Å². The maximum Gasteiger partial charge on any atom is 0.220 e. The number of aliphatic hydroxyl groups excluding tert-OH is 4. The number of aliphatic hydroxyl groups is 4. The van der Waals surface area contributed by atoms with Gasteiger partial charge < -0.3 is 25.7 Å². The Morgan fingerprint density at radius 1 is 0.438 bits per heavy atom. The normalized spacial score (nSPS) is 14.2. The van der Waals surface area contributed by atoms with Crippen LogP contribution in [0.15, 0.2) is 0 Å². The Bertz CT molecular complexity index is 648. The van der Waals surface area contributed by atoms with Gasteiger partial charge in [0, 0.05) is 6.42 Å². The Labute approximate surface area is 299 Å². The molecule has 0 aliphatic rings. The van der Waals surface area contributed by atoms with Crippen LogP contribution < -0.4 is 5.32 Å². The van der Waals surface area contributed by atoms with Crippen molar-refractivity contribution in [1.82, 2.24) is 5.32 Å². The van der Waals surface area contributed by atoms with Gasteiger partial charge in [-0.2, -0.15) is 0 Å². The van der Waals surface area contributed by atoms with Gasteiger partial charge in [0.15, 0.2) is 0 Å². The minimum atomic E-state index is -1.40. The van der Waals surface area contributed by atoms with Crippen molar-refractivity contribution in [2.45, 2.75) is 257 Å². The van der Waals surface area contributed by atoms with E-state index in [4.69, 9.17) is 0 Å². The van der Waals surface area contributed by atoms with Gasteiger partial charge in [-0.1, -0.05) is 213 Å². The topological polar surface area (TPSA) is 110 Å². The number of carbonyl (C=O) groups is 1. The molecule has 4 unspecified atom stereocenters. The number of nitrogens with one attached hydrogen (secondary N) is 1. The average Bonchev–Trinajstić information content (AvgIpc) is 3.09. The van der Waals surface area contributed by atoms with E-state index in [-0.39, 0.29) is 5.91 Å². The average molecular weight is 684 g/mol. The fourth-order valence-electron chi connectivity index (χ4n) is 6.89. The first-order valence-electron chi connectivity index (χ1n) is 21.4. The molecular weight excluding hydrogens is 598 g/mol. The van der Waals surface area contributed by atoms with Gasteiger partial charge in [0.1, 0.15) is 12.2 Å². The van der Waals surface area contributed by atoms with Crippen molar-refractivity contribution in [1.29, 1.82) is 0 Å². The van der Waals surface area contributed by atoms with Crippen LogP contribution in [0.3, 0.4) is 0 Å². The Hall–Kier alpha value is -0.690. The standard InChI is InChI=1S/C42H85NO5/c1-3-5-7-9-11-13-15-17-19-20-22-23-25-27-29-31-33-35-39(45)42(48)41(47)38(37-44)43-40(46)36-34-32-30-28-26-24-21-18-16-14-12-10-8-6-4-2/h38-39,41-42,44-45,47-48H,3-37H2,1-2H3,(H,43,46). The molecule has 6 heteroatoms. The lowest BCUT2D eigenvalue weighted by Gasteiger charge is -2.29. The van der Waals surface area contributed by atoms with Gasteiger partial charge in [-0.3, -0.25) is 4.79 Å². The Balaban J connectivity index is 3.72. The van der Waals surface area contributed by atoms with Crippen molar-refractivity contribution in [3.8, 4) is 0 Å². The molecule has 0 aliphatic carbocycles. The number of unbranched alkanes of at least 4 members (excludes halogenated alkanes) is 30. The minimum Gasteiger partial charge on any atom is -0.394 e. The van der Waals surface area contributed by atoms with Crippen LogP contribution in [0.4, 0.5) is 0 Å². The third-order valence-corrected chi connectivity index (χ3v) is 10.3. The summed E-state index contributed by atoms with van der Waals surface area (Å²) in [6.07, 6.45) is 37.8. The predicted molar refractivity (Wildman–Crippen MR) is 205 cm³/mol. The number of hydrogen-bond donors (Lipinski definition) is 5. The minimum absolute atomic E-state index is 0.224. The van der Waals surface area contributed by atoms with E-state index in [1.165, 1.54) is 167 Å². The largest absolute Gasteiger partial charge is 0.394 e. The quantitative estimate of drug-likeness (QED) is 0.0414. The molecule has 6 nitrogen and oxygen atoms in total. The maximum absolute atomic E-state index is 12.4. The van der Waals surface area contributed by atoms with Gasteiger partial charge in [0.2, 0.25) is 5.91 Å². The summed E-state index contributed by atoms with van der Waals surface area (Å²) in [4.78, 5) is 12.4. The molecule has 0 fully saturated rings. The molecule has 0 heterocycles. The van der Waals surface area contributed by atoms with E-state index in [2.05, 4.69) is 19.2 Å². The van der Waals surface area contributed by atoms with Crippen molar-refractivity contribution in [3.05, 3.63) is 0 Å². The Kier molecular flexibility index (Phi) is 37.0. The molecule has 5 N–H and O–H groups in total. The first-order valence-corrected chi connectivity index (χ1v) is 21.4. The molecule has 0 rings (SSSR count). The molecule has 0 bridgehead atoms. The molecule has 0 spiro atoms. The highest BCUT2D eigenvalue weighted by Gasteiger charge is 2.31. The van der Waals surface area contributed by atoms with Crippen LogP contribution in [-0.4, -0.2) is 57.3 Å². The van der Waals surface area contributed by atoms with E-state index >= 15 is 0 Å². The van der Waals surface area contributed by atoms with Crippen molar-refractivity contribution >= 4 is 5.91 Å². The number of hydrogen-bond acceptors (Lipinski definition) is 5. The summed E-state index contributed by atoms with van der Waals surface area (Å²) in [5, 5.41) is 43.9. The Morgan fingerprint density at radius 2 is 0.729 bits per heavy atom.